The van der Waals surface area contributed by atoms with Gasteiger partial charge in [0.15, 0.2) is 11.7 Å². The number of esters is 1. The molecule has 7 heteroatoms. The SMILES string of the molecule is C=CCOC(=O)C1CN(C(=N)OC(C)=N)CCC1=O. The molecule has 1 fully saturated rings. The average molecular weight is 267 g/mol. The summed E-state index contributed by atoms with van der Waals surface area (Å²) in [6.07, 6.45) is 1.57. The van der Waals surface area contributed by atoms with Crippen molar-refractivity contribution in [3.05, 3.63) is 12.7 Å². The van der Waals surface area contributed by atoms with E-state index in [0.29, 0.717) is 6.54 Å². The Hall–Kier alpha value is -2.18. The Labute approximate surface area is 111 Å². The van der Waals surface area contributed by atoms with Crippen molar-refractivity contribution < 1.29 is 19.1 Å². The van der Waals surface area contributed by atoms with E-state index < -0.39 is 11.9 Å². The Morgan fingerprint density at radius 3 is 2.84 bits per heavy atom. The van der Waals surface area contributed by atoms with Crippen LogP contribution >= 0.6 is 0 Å². The third-order valence-corrected chi connectivity index (χ3v) is 2.58. The highest BCUT2D eigenvalue weighted by Gasteiger charge is 2.35. The fourth-order valence-corrected chi connectivity index (χ4v) is 1.67. The van der Waals surface area contributed by atoms with Crippen molar-refractivity contribution in [1.29, 1.82) is 10.8 Å². The number of ketones is 1. The lowest BCUT2D eigenvalue weighted by molar-refractivity contribution is -0.152. The first-order valence-electron chi connectivity index (χ1n) is 5.82. The van der Waals surface area contributed by atoms with Crippen molar-refractivity contribution in [2.45, 2.75) is 13.3 Å². The predicted molar refractivity (Wildman–Crippen MR) is 68.1 cm³/mol. The summed E-state index contributed by atoms with van der Waals surface area (Å²) < 4.78 is 9.70. The number of ether oxygens (including phenoxy) is 2. The van der Waals surface area contributed by atoms with Gasteiger partial charge in [0.1, 0.15) is 12.5 Å². The van der Waals surface area contributed by atoms with Gasteiger partial charge >= 0.3 is 5.97 Å². The molecule has 2 N–H and O–H groups in total. The van der Waals surface area contributed by atoms with Crippen LogP contribution in [0.1, 0.15) is 13.3 Å². The molecule has 0 amide bonds. The second-order valence-corrected chi connectivity index (χ2v) is 4.10. The number of hydrogen-bond acceptors (Lipinski definition) is 6. The van der Waals surface area contributed by atoms with Crippen LogP contribution in [0.25, 0.3) is 0 Å². The lowest BCUT2D eigenvalue weighted by Gasteiger charge is -2.31. The summed E-state index contributed by atoms with van der Waals surface area (Å²) in [5.74, 6) is -1.85. The van der Waals surface area contributed by atoms with Crippen LogP contribution in [0.15, 0.2) is 12.7 Å². The molecule has 1 unspecified atom stereocenters. The van der Waals surface area contributed by atoms with Gasteiger partial charge in [-0.25, -0.2) is 0 Å². The Morgan fingerprint density at radius 1 is 1.58 bits per heavy atom. The van der Waals surface area contributed by atoms with Crippen LogP contribution < -0.4 is 0 Å². The van der Waals surface area contributed by atoms with Crippen LogP contribution in [-0.2, 0) is 19.1 Å². The summed E-state index contributed by atoms with van der Waals surface area (Å²) in [6.45, 7) is 5.22. The standard InChI is InChI=1S/C12H17N3O4/c1-3-6-18-11(17)9-7-15(5-4-10(9)16)12(14)19-8(2)13/h3,9,13-14H,1,4-7H2,2H3. The Bertz CT molecular complexity index is 419. The fourth-order valence-electron chi connectivity index (χ4n) is 1.67. The maximum atomic E-state index is 11.7. The Kier molecular flexibility index (Phi) is 5.23. The summed E-state index contributed by atoms with van der Waals surface area (Å²) in [6, 6.07) is -0.235. The molecule has 0 aromatic carbocycles. The normalized spacial score (nSPS) is 18.7. The van der Waals surface area contributed by atoms with Crippen LogP contribution in [0.4, 0.5) is 0 Å². The molecule has 1 aliphatic rings. The van der Waals surface area contributed by atoms with E-state index >= 15 is 0 Å². The zero-order chi connectivity index (χ0) is 14.4. The van der Waals surface area contributed by atoms with Crippen LogP contribution in [0, 0.1) is 16.7 Å². The summed E-state index contributed by atoms with van der Waals surface area (Å²) in [5.41, 5.74) is 0. The second kappa shape index (κ2) is 6.67. The first-order valence-corrected chi connectivity index (χ1v) is 5.82. The number of amidine groups is 1. The minimum Gasteiger partial charge on any atom is -0.461 e. The summed E-state index contributed by atoms with van der Waals surface area (Å²) >= 11 is 0. The number of hydrogen-bond donors (Lipinski definition) is 2. The maximum Gasteiger partial charge on any atom is 0.318 e. The molecule has 1 aliphatic heterocycles. The Balaban J connectivity index is 2.64. The second-order valence-electron chi connectivity index (χ2n) is 4.10. The summed E-state index contributed by atoms with van der Waals surface area (Å²) in [4.78, 5) is 24.8. The molecule has 0 aliphatic carbocycles. The molecule has 0 saturated carbocycles. The van der Waals surface area contributed by atoms with Crippen molar-refractivity contribution in [3.8, 4) is 0 Å². The molecule has 1 rings (SSSR count). The van der Waals surface area contributed by atoms with E-state index in [0.717, 1.165) is 0 Å². The van der Waals surface area contributed by atoms with Gasteiger partial charge in [-0.15, -0.1) is 0 Å². The van der Waals surface area contributed by atoms with Gasteiger partial charge in [-0.05, 0) is 0 Å². The molecule has 1 heterocycles. The van der Waals surface area contributed by atoms with Gasteiger partial charge in [0.2, 0.25) is 0 Å². The molecule has 7 nitrogen and oxygen atoms in total. The van der Waals surface area contributed by atoms with E-state index in [9.17, 15) is 9.59 Å². The molecule has 0 bridgehead atoms. The van der Waals surface area contributed by atoms with E-state index in [2.05, 4.69) is 6.58 Å². The highest BCUT2D eigenvalue weighted by atomic mass is 16.5. The minimum absolute atomic E-state index is 0.0426. The quantitative estimate of drug-likeness (QED) is 0.255. The Morgan fingerprint density at radius 2 is 2.26 bits per heavy atom. The van der Waals surface area contributed by atoms with Crippen molar-refractivity contribution in [2.75, 3.05) is 19.7 Å². The number of carbonyl (C=O) groups is 2. The van der Waals surface area contributed by atoms with Gasteiger partial charge < -0.3 is 14.4 Å². The van der Waals surface area contributed by atoms with E-state index in [-0.39, 0.29) is 37.3 Å². The first kappa shape index (κ1) is 14.9. The molecule has 0 aromatic rings. The topological polar surface area (TPSA) is 104 Å². The zero-order valence-corrected chi connectivity index (χ0v) is 10.8. The van der Waals surface area contributed by atoms with Gasteiger partial charge in [-0.3, -0.25) is 20.4 Å². The number of carbonyl (C=O) groups excluding carboxylic acids is 2. The van der Waals surface area contributed by atoms with E-state index in [1.165, 1.54) is 17.9 Å². The predicted octanol–water partition coefficient (Wildman–Crippen LogP) is 0.555. The van der Waals surface area contributed by atoms with Crippen LogP contribution in [0.5, 0.6) is 0 Å². The average Bonchev–Trinajstić information content (AvgIpc) is 2.35. The van der Waals surface area contributed by atoms with Crippen LogP contribution in [0.3, 0.4) is 0 Å². The molecule has 19 heavy (non-hydrogen) atoms. The number of rotatable bonds is 3. The van der Waals surface area contributed by atoms with Crippen molar-refractivity contribution in [3.63, 3.8) is 0 Å². The fraction of sp³-hybridized carbons (Fsp3) is 0.500. The maximum absolute atomic E-state index is 11.7. The monoisotopic (exact) mass is 267 g/mol. The number of piperidine rings is 1. The third kappa shape index (κ3) is 4.20. The van der Waals surface area contributed by atoms with Gasteiger partial charge in [-0.1, -0.05) is 12.7 Å². The highest BCUT2D eigenvalue weighted by Crippen LogP contribution is 2.15. The molecule has 1 atom stereocenters. The molecule has 104 valence electrons. The van der Waals surface area contributed by atoms with E-state index in [4.69, 9.17) is 20.3 Å². The van der Waals surface area contributed by atoms with Gasteiger partial charge in [-0.2, -0.15) is 0 Å². The molecular formula is C12H17N3O4. The molecular weight excluding hydrogens is 250 g/mol. The lowest BCUT2D eigenvalue weighted by atomic mass is 9.97. The molecule has 1 saturated heterocycles. The zero-order valence-electron chi connectivity index (χ0n) is 10.8. The number of nitrogens with one attached hydrogen (secondary N) is 2. The lowest BCUT2D eigenvalue weighted by Crippen LogP contribution is -2.48. The number of Topliss-reactive ketones (excluding diaryl/α,β-unsaturated/α-hetero) is 1. The van der Waals surface area contributed by atoms with Crippen molar-refractivity contribution in [2.24, 2.45) is 5.92 Å². The van der Waals surface area contributed by atoms with E-state index in [1.807, 2.05) is 0 Å². The largest absolute Gasteiger partial charge is 0.461 e. The summed E-state index contributed by atoms with van der Waals surface area (Å²) in [7, 11) is 0. The van der Waals surface area contributed by atoms with Gasteiger partial charge in [0, 0.05) is 26.4 Å². The number of likely N-dealkylation sites (tertiary alicyclic amines) is 1. The van der Waals surface area contributed by atoms with Gasteiger partial charge in [0.25, 0.3) is 6.02 Å². The molecule has 0 radical (unpaired) electrons. The van der Waals surface area contributed by atoms with Crippen LogP contribution in [0.2, 0.25) is 0 Å². The minimum atomic E-state index is -0.913. The van der Waals surface area contributed by atoms with Crippen molar-refractivity contribution in [1.82, 2.24) is 4.90 Å². The van der Waals surface area contributed by atoms with E-state index in [1.54, 1.807) is 0 Å². The molecule has 0 spiro atoms. The van der Waals surface area contributed by atoms with Crippen LogP contribution in [-0.4, -0.2) is 48.3 Å². The highest BCUT2D eigenvalue weighted by molar-refractivity contribution is 6.00. The van der Waals surface area contributed by atoms with Crippen molar-refractivity contribution >= 4 is 23.7 Å². The third-order valence-electron chi connectivity index (χ3n) is 2.58. The molecule has 0 aromatic heterocycles. The van der Waals surface area contributed by atoms with Gasteiger partial charge in [0.05, 0.1) is 0 Å². The smallest absolute Gasteiger partial charge is 0.318 e. The number of nitrogens with zero attached hydrogens (tertiary/aromatic N) is 1. The first-order chi connectivity index (χ1) is 8.95. The summed E-state index contributed by atoms with van der Waals surface area (Å²) in [5, 5.41) is 14.8.